The molecule has 1 aliphatic carbocycles. The Morgan fingerprint density at radius 1 is 1.22 bits per heavy atom. The third-order valence-electron chi connectivity index (χ3n) is 6.30. The van der Waals surface area contributed by atoms with Crippen LogP contribution in [0.2, 0.25) is 0 Å². The highest BCUT2D eigenvalue weighted by Crippen LogP contribution is 2.34. The van der Waals surface area contributed by atoms with E-state index in [1.165, 1.54) is 27.8 Å². The number of thioether (sulfide) groups is 1. The second-order valence-electron chi connectivity index (χ2n) is 8.65. The summed E-state index contributed by atoms with van der Waals surface area (Å²) < 4.78 is 0. The van der Waals surface area contributed by atoms with Crippen LogP contribution >= 0.6 is 23.1 Å². The van der Waals surface area contributed by atoms with Crippen molar-refractivity contribution >= 4 is 39.2 Å². The first kappa shape index (κ1) is 21.7. The zero-order valence-electron chi connectivity index (χ0n) is 18.1. The first-order valence-corrected chi connectivity index (χ1v) is 13.3. The standard InChI is InChI=1S/C24H28N4O2S2/c29-21(25-17-9-11-28(12-10-17)13-16-5-2-1-3-6-16)15-31-14-20-26-23(30)22-18-7-4-8-19(18)32-24(22)27-20/h1-3,5-6,17H,4,7-15H2,(H,25,29)(H,26,27,30). The smallest absolute Gasteiger partial charge is 0.259 e. The molecule has 6 nitrogen and oxygen atoms in total. The molecule has 0 unspecified atom stereocenters. The minimum atomic E-state index is -0.0308. The topological polar surface area (TPSA) is 78.1 Å². The van der Waals surface area contributed by atoms with Crippen molar-refractivity contribution in [3.05, 3.63) is 62.5 Å². The van der Waals surface area contributed by atoms with Gasteiger partial charge in [-0.3, -0.25) is 14.5 Å². The van der Waals surface area contributed by atoms with Crippen LogP contribution in [0.3, 0.4) is 0 Å². The number of aromatic nitrogens is 2. The molecule has 0 bridgehead atoms. The summed E-state index contributed by atoms with van der Waals surface area (Å²) in [6.07, 6.45) is 5.15. The van der Waals surface area contributed by atoms with Crippen molar-refractivity contribution in [2.75, 3.05) is 18.8 Å². The molecule has 3 heterocycles. The quantitative estimate of drug-likeness (QED) is 0.555. The number of fused-ring (bicyclic) bond motifs is 3. The molecule has 8 heteroatoms. The molecule has 1 aliphatic heterocycles. The van der Waals surface area contributed by atoms with E-state index < -0.39 is 0 Å². The highest BCUT2D eigenvalue weighted by atomic mass is 32.2. The summed E-state index contributed by atoms with van der Waals surface area (Å²) in [6, 6.07) is 10.8. The predicted octanol–water partition coefficient (Wildman–Crippen LogP) is 3.49. The second-order valence-corrected chi connectivity index (χ2v) is 10.7. The van der Waals surface area contributed by atoms with Crippen molar-refractivity contribution in [2.45, 2.75) is 50.4 Å². The largest absolute Gasteiger partial charge is 0.353 e. The third-order valence-corrected chi connectivity index (χ3v) is 8.43. The number of likely N-dealkylation sites (tertiary alicyclic amines) is 1. The molecule has 1 saturated heterocycles. The van der Waals surface area contributed by atoms with Crippen LogP contribution in [-0.2, 0) is 29.9 Å². The highest BCUT2D eigenvalue weighted by Gasteiger charge is 2.22. The van der Waals surface area contributed by atoms with Gasteiger partial charge in [0.2, 0.25) is 5.91 Å². The van der Waals surface area contributed by atoms with Gasteiger partial charge in [-0.25, -0.2) is 4.98 Å². The van der Waals surface area contributed by atoms with Crippen LogP contribution in [0.4, 0.5) is 0 Å². The van der Waals surface area contributed by atoms with E-state index in [2.05, 4.69) is 44.5 Å². The van der Waals surface area contributed by atoms with Crippen molar-refractivity contribution in [1.82, 2.24) is 20.2 Å². The maximum Gasteiger partial charge on any atom is 0.259 e. The van der Waals surface area contributed by atoms with Gasteiger partial charge in [-0.2, -0.15) is 0 Å². The number of amides is 1. The first-order valence-electron chi connectivity index (χ1n) is 11.3. The zero-order valence-corrected chi connectivity index (χ0v) is 19.7. The summed E-state index contributed by atoms with van der Waals surface area (Å²) in [4.78, 5) is 37.2. The molecule has 5 rings (SSSR count). The summed E-state index contributed by atoms with van der Waals surface area (Å²) in [5, 5.41) is 3.96. The molecule has 1 aromatic carbocycles. The van der Waals surface area contributed by atoms with Gasteiger partial charge in [0, 0.05) is 30.6 Å². The van der Waals surface area contributed by atoms with E-state index in [9.17, 15) is 9.59 Å². The van der Waals surface area contributed by atoms with Crippen molar-refractivity contribution in [1.29, 1.82) is 0 Å². The SMILES string of the molecule is O=C(CSCc1nc2sc3c(c2c(=O)[nH]1)CCC3)NC1CCN(Cc2ccccc2)CC1. The molecule has 0 spiro atoms. The number of aryl methyl sites for hydroxylation is 2. The Morgan fingerprint density at radius 2 is 2.03 bits per heavy atom. The molecular formula is C24H28N4O2S2. The van der Waals surface area contributed by atoms with E-state index in [-0.39, 0.29) is 17.5 Å². The molecular weight excluding hydrogens is 440 g/mol. The minimum Gasteiger partial charge on any atom is -0.353 e. The average molecular weight is 469 g/mol. The van der Waals surface area contributed by atoms with Crippen molar-refractivity contribution < 1.29 is 4.79 Å². The predicted molar refractivity (Wildman–Crippen MR) is 131 cm³/mol. The number of aromatic amines is 1. The number of hydrogen-bond acceptors (Lipinski definition) is 6. The van der Waals surface area contributed by atoms with E-state index in [1.54, 1.807) is 11.3 Å². The van der Waals surface area contributed by atoms with E-state index in [1.807, 2.05) is 6.07 Å². The number of H-pyrrole nitrogens is 1. The number of benzene rings is 1. The highest BCUT2D eigenvalue weighted by molar-refractivity contribution is 7.99. The van der Waals surface area contributed by atoms with Gasteiger partial charge in [0.25, 0.3) is 5.56 Å². The molecule has 2 aromatic heterocycles. The maximum atomic E-state index is 12.5. The number of nitrogens with one attached hydrogen (secondary N) is 2. The number of piperidine rings is 1. The fraction of sp³-hybridized carbons (Fsp3) is 0.458. The zero-order chi connectivity index (χ0) is 21.9. The van der Waals surface area contributed by atoms with Crippen LogP contribution in [0.25, 0.3) is 10.2 Å². The van der Waals surface area contributed by atoms with Crippen molar-refractivity contribution in [3.63, 3.8) is 0 Å². The summed E-state index contributed by atoms with van der Waals surface area (Å²) in [5.41, 5.74) is 2.51. The maximum absolute atomic E-state index is 12.5. The van der Waals surface area contributed by atoms with Gasteiger partial charge in [-0.05, 0) is 43.2 Å². The van der Waals surface area contributed by atoms with Crippen LogP contribution in [0, 0.1) is 0 Å². The van der Waals surface area contributed by atoms with E-state index in [0.29, 0.717) is 17.3 Å². The molecule has 1 amide bonds. The van der Waals surface area contributed by atoms with Gasteiger partial charge in [0.15, 0.2) is 0 Å². The van der Waals surface area contributed by atoms with Crippen LogP contribution in [0.1, 0.15) is 41.1 Å². The Morgan fingerprint density at radius 3 is 2.84 bits per heavy atom. The summed E-state index contributed by atoms with van der Waals surface area (Å²) >= 11 is 3.16. The van der Waals surface area contributed by atoms with Crippen LogP contribution in [-0.4, -0.2) is 45.7 Å². The summed E-state index contributed by atoms with van der Waals surface area (Å²) in [6.45, 7) is 2.98. The number of hydrogen-bond donors (Lipinski definition) is 2. The van der Waals surface area contributed by atoms with Gasteiger partial charge >= 0.3 is 0 Å². The van der Waals surface area contributed by atoms with Gasteiger partial charge in [0.05, 0.1) is 16.9 Å². The molecule has 168 valence electrons. The lowest BCUT2D eigenvalue weighted by Gasteiger charge is -2.32. The Labute approximate surface area is 195 Å². The molecule has 0 radical (unpaired) electrons. The van der Waals surface area contributed by atoms with Crippen molar-refractivity contribution in [2.24, 2.45) is 0 Å². The van der Waals surface area contributed by atoms with Crippen LogP contribution < -0.4 is 10.9 Å². The van der Waals surface area contributed by atoms with Gasteiger partial charge < -0.3 is 10.3 Å². The fourth-order valence-electron chi connectivity index (χ4n) is 4.70. The van der Waals surface area contributed by atoms with E-state index in [0.717, 1.165) is 62.0 Å². The molecule has 32 heavy (non-hydrogen) atoms. The van der Waals surface area contributed by atoms with Gasteiger partial charge in [0.1, 0.15) is 10.7 Å². The lowest BCUT2D eigenvalue weighted by Crippen LogP contribution is -2.44. The minimum absolute atomic E-state index is 0.0308. The number of thiophene rings is 1. The monoisotopic (exact) mass is 468 g/mol. The van der Waals surface area contributed by atoms with Crippen molar-refractivity contribution in [3.8, 4) is 0 Å². The summed E-state index contributed by atoms with van der Waals surface area (Å²) in [5.74, 6) is 1.65. The van der Waals surface area contributed by atoms with E-state index in [4.69, 9.17) is 0 Å². The molecule has 0 atom stereocenters. The van der Waals surface area contributed by atoms with Gasteiger partial charge in [-0.1, -0.05) is 30.3 Å². The molecule has 0 saturated carbocycles. The first-order chi connectivity index (χ1) is 15.7. The Balaban J connectivity index is 1.07. The Bertz CT molecular complexity index is 1150. The molecule has 1 fully saturated rings. The van der Waals surface area contributed by atoms with Gasteiger partial charge in [-0.15, -0.1) is 23.1 Å². The lowest BCUT2D eigenvalue weighted by atomic mass is 10.0. The fourth-order valence-corrected chi connectivity index (χ4v) is 6.68. The Kier molecular flexibility index (Phi) is 6.62. The van der Waals surface area contributed by atoms with E-state index >= 15 is 0 Å². The second kappa shape index (κ2) is 9.77. The molecule has 3 aromatic rings. The average Bonchev–Trinajstić information content (AvgIpc) is 3.37. The number of nitrogens with zero attached hydrogens (tertiary/aromatic N) is 2. The number of carbonyl (C=O) groups is 1. The van der Waals surface area contributed by atoms with Crippen LogP contribution in [0.5, 0.6) is 0 Å². The number of carbonyl (C=O) groups excluding carboxylic acids is 1. The normalized spacial score (nSPS) is 17.0. The third kappa shape index (κ3) is 4.92. The summed E-state index contributed by atoms with van der Waals surface area (Å²) in [7, 11) is 0. The lowest BCUT2D eigenvalue weighted by molar-refractivity contribution is -0.119. The number of rotatable bonds is 7. The molecule has 2 aliphatic rings. The van der Waals surface area contributed by atoms with Crippen LogP contribution in [0.15, 0.2) is 35.1 Å². The Hall–Kier alpha value is -2.16. The molecule has 2 N–H and O–H groups in total.